The van der Waals surface area contributed by atoms with Crippen LogP contribution >= 0.6 is 0 Å². The van der Waals surface area contributed by atoms with Gasteiger partial charge in [0.15, 0.2) is 0 Å². The summed E-state index contributed by atoms with van der Waals surface area (Å²) in [4.78, 5) is 38.0. The van der Waals surface area contributed by atoms with Crippen molar-refractivity contribution >= 4 is 11.8 Å². The molecule has 1 aromatic heterocycles. The lowest BCUT2D eigenvalue weighted by atomic mass is 9.95. The van der Waals surface area contributed by atoms with Gasteiger partial charge < -0.3 is 14.5 Å². The molecule has 0 saturated carbocycles. The molecular weight excluding hydrogens is 392 g/mol. The van der Waals surface area contributed by atoms with Gasteiger partial charge in [-0.05, 0) is 44.4 Å². The van der Waals surface area contributed by atoms with Gasteiger partial charge in [-0.2, -0.15) is 0 Å². The van der Waals surface area contributed by atoms with Crippen molar-refractivity contribution < 1.29 is 14.3 Å². The standard InChI is InChI=1S/C24H32N4O3/c1-16-21(14-22(29)27(3)4)17(2)26-24(25-16)19-9-7-11-28(15-19)23(30)13-18-8-6-10-20(12-18)31-5/h6,8,10,12,19H,7,9,11,13-15H2,1-5H3/t19-/m0/s1. The molecule has 7 heteroatoms. The average Bonchev–Trinajstić information content (AvgIpc) is 2.76. The summed E-state index contributed by atoms with van der Waals surface area (Å²) in [6, 6.07) is 7.64. The summed E-state index contributed by atoms with van der Waals surface area (Å²) in [5.41, 5.74) is 3.53. The van der Waals surface area contributed by atoms with Crippen LogP contribution in [0.25, 0.3) is 0 Å². The van der Waals surface area contributed by atoms with E-state index in [-0.39, 0.29) is 17.7 Å². The number of carbonyl (C=O) groups is 2. The van der Waals surface area contributed by atoms with Crippen LogP contribution in [0.1, 0.15) is 47.1 Å². The van der Waals surface area contributed by atoms with Crippen molar-refractivity contribution in [2.24, 2.45) is 0 Å². The van der Waals surface area contributed by atoms with Crippen LogP contribution in [0, 0.1) is 13.8 Å². The van der Waals surface area contributed by atoms with E-state index in [0.29, 0.717) is 19.4 Å². The highest BCUT2D eigenvalue weighted by Gasteiger charge is 2.27. The van der Waals surface area contributed by atoms with E-state index in [0.717, 1.165) is 53.5 Å². The number of nitrogens with zero attached hydrogens (tertiary/aromatic N) is 4. The fraction of sp³-hybridized carbons (Fsp3) is 0.500. The van der Waals surface area contributed by atoms with Crippen molar-refractivity contribution in [2.45, 2.75) is 45.4 Å². The summed E-state index contributed by atoms with van der Waals surface area (Å²) in [7, 11) is 5.13. The van der Waals surface area contributed by atoms with E-state index in [1.165, 1.54) is 0 Å². The molecule has 0 bridgehead atoms. The summed E-state index contributed by atoms with van der Waals surface area (Å²) in [6.07, 6.45) is 2.55. The number of likely N-dealkylation sites (tertiary alicyclic amines) is 1. The molecule has 166 valence electrons. The molecule has 1 aliphatic rings. The number of carbonyl (C=O) groups excluding carboxylic acids is 2. The van der Waals surface area contributed by atoms with Crippen LogP contribution in [0.5, 0.6) is 5.75 Å². The Kier molecular flexibility index (Phi) is 7.25. The molecular formula is C24H32N4O3. The second-order valence-corrected chi connectivity index (χ2v) is 8.40. The van der Waals surface area contributed by atoms with E-state index in [2.05, 4.69) is 0 Å². The molecule has 0 N–H and O–H groups in total. The summed E-state index contributed by atoms with van der Waals surface area (Å²) >= 11 is 0. The van der Waals surface area contributed by atoms with Crippen LogP contribution in [-0.4, -0.2) is 65.9 Å². The normalized spacial score (nSPS) is 16.2. The van der Waals surface area contributed by atoms with Crippen molar-refractivity contribution in [3.05, 3.63) is 52.6 Å². The maximum Gasteiger partial charge on any atom is 0.227 e. The first-order chi connectivity index (χ1) is 14.8. The van der Waals surface area contributed by atoms with Crippen molar-refractivity contribution in [2.75, 3.05) is 34.3 Å². The van der Waals surface area contributed by atoms with E-state index in [4.69, 9.17) is 14.7 Å². The zero-order valence-electron chi connectivity index (χ0n) is 19.1. The molecule has 1 saturated heterocycles. The highest BCUT2D eigenvalue weighted by Crippen LogP contribution is 2.27. The Balaban J connectivity index is 1.71. The first-order valence-electron chi connectivity index (χ1n) is 10.7. The molecule has 2 heterocycles. The van der Waals surface area contributed by atoms with E-state index in [1.54, 1.807) is 26.1 Å². The Morgan fingerprint density at radius 2 is 1.87 bits per heavy atom. The highest BCUT2D eigenvalue weighted by molar-refractivity contribution is 5.79. The number of piperidine rings is 1. The fourth-order valence-electron chi connectivity index (χ4n) is 4.00. The number of hydrogen-bond acceptors (Lipinski definition) is 5. The molecule has 7 nitrogen and oxygen atoms in total. The number of likely N-dealkylation sites (N-methyl/N-ethyl adjacent to an activating group) is 1. The minimum absolute atomic E-state index is 0.0366. The number of amides is 2. The molecule has 3 rings (SSSR count). The summed E-state index contributed by atoms with van der Waals surface area (Å²) < 4.78 is 5.26. The third kappa shape index (κ3) is 5.60. The maximum absolute atomic E-state index is 12.9. The van der Waals surface area contributed by atoms with Crippen LogP contribution in [0.2, 0.25) is 0 Å². The number of rotatable bonds is 6. The molecule has 2 aromatic rings. The Bertz CT molecular complexity index is 935. The average molecular weight is 425 g/mol. The van der Waals surface area contributed by atoms with Crippen molar-refractivity contribution in [3.63, 3.8) is 0 Å². The van der Waals surface area contributed by atoms with Gasteiger partial charge in [0.1, 0.15) is 11.6 Å². The van der Waals surface area contributed by atoms with Crippen molar-refractivity contribution in [1.29, 1.82) is 0 Å². The smallest absolute Gasteiger partial charge is 0.227 e. The summed E-state index contributed by atoms with van der Waals surface area (Å²) in [5.74, 6) is 1.79. The Hall–Kier alpha value is -2.96. The first-order valence-corrected chi connectivity index (χ1v) is 10.7. The SMILES string of the molecule is COc1cccc(CC(=O)N2CCC[C@H](c3nc(C)c(CC(=O)N(C)C)c(C)n3)C2)c1. The molecule has 0 radical (unpaired) electrons. The number of hydrogen-bond donors (Lipinski definition) is 0. The van der Waals surface area contributed by atoms with Crippen LogP contribution in [-0.2, 0) is 22.4 Å². The van der Waals surface area contributed by atoms with Gasteiger partial charge in [-0.1, -0.05) is 12.1 Å². The van der Waals surface area contributed by atoms with Crippen LogP contribution < -0.4 is 4.74 Å². The Morgan fingerprint density at radius 3 is 2.52 bits per heavy atom. The molecule has 0 unspecified atom stereocenters. The molecule has 1 aromatic carbocycles. The van der Waals surface area contributed by atoms with E-state index in [9.17, 15) is 9.59 Å². The Labute approximate surface area is 184 Å². The van der Waals surface area contributed by atoms with E-state index < -0.39 is 0 Å². The lowest BCUT2D eigenvalue weighted by Gasteiger charge is -2.32. The number of aryl methyl sites for hydroxylation is 2. The third-order valence-corrected chi connectivity index (χ3v) is 5.89. The van der Waals surface area contributed by atoms with Gasteiger partial charge in [0.05, 0.1) is 20.0 Å². The third-order valence-electron chi connectivity index (χ3n) is 5.89. The Morgan fingerprint density at radius 1 is 1.16 bits per heavy atom. The quantitative estimate of drug-likeness (QED) is 0.713. The van der Waals surface area contributed by atoms with Crippen molar-refractivity contribution in [3.8, 4) is 5.75 Å². The first kappa shape index (κ1) is 22.7. The monoisotopic (exact) mass is 424 g/mol. The minimum atomic E-state index is 0.0366. The number of benzene rings is 1. The lowest BCUT2D eigenvalue weighted by molar-refractivity contribution is -0.131. The predicted octanol–water partition coefficient (Wildman–Crippen LogP) is 2.68. The van der Waals surface area contributed by atoms with Gasteiger partial charge in [0.25, 0.3) is 0 Å². The maximum atomic E-state index is 12.9. The van der Waals surface area contributed by atoms with Crippen LogP contribution in [0.15, 0.2) is 24.3 Å². The van der Waals surface area contributed by atoms with E-state index >= 15 is 0 Å². The molecule has 1 fully saturated rings. The molecule has 31 heavy (non-hydrogen) atoms. The number of aromatic nitrogens is 2. The van der Waals surface area contributed by atoms with Crippen LogP contribution in [0.4, 0.5) is 0 Å². The molecule has 1 aliphatic heterocycles. The highest BCUT2D eigenvalue weighted by atomic mass is 16.5. The predicted molar refractivity (Wildman–Crippen MR) is 119 cm³/mol. The zero-order chi connectivity index (χ0) is 22.5. The van der Waals surface area contributed by atoms with Gasteiger partial charge in [-0.3, -0.25) is 9.59 Å². The second-order valence-electron chi connectivity index (χ2n) is 8.40. The fourth-order valence-corrected chi connectivity index (χ4v) is 4.00. The van der Waals surface area contributed by atoms with Gasteiger partial charge in [-0.15, -0.1) is 0 Å². The van der Waals surface area contributed by atoms with Crippen LogP contribution in [0.3, 0.4) is 0 Å². The molecule has 2 amide bonds. The summed E-state index contributed by atoms with van der Waals surface area (Å²) in [5, 5.41) is 0. The molecule has 0 aliphatic carbocycles. The summed E-state index contributed by atoms with van der Waals surface area (Å²) in [6.45, 7) is 5.25. The lowest BCUT2D eigenvalue weighted by Crippen LogP contribution is -2.40. The van der Waals surface area contributed by atoms with Gasteiger partial charge in [0.2, 0.25) is 11.8 Å². The number of ether oxygens (including phenoxy) is 1. The van der Waals surface area contributed by atoms with Gasteiger partial charge in [-0.25, -0.2) is 9.97 Å². The molecule has 1 atom stereocenters. The van der Waals surface area contributed by atoms with Crippen molar-refractivity contribution in [1.82, 2.24) is 19.8 Å². The number of methoxy groups -OCH3 is 1. The largest absolute Gasteiger partial charge is 0.497 e. The molecule has 0 spiro atoms. The van der Waals surface area contributed by atoms with Gasteiger partial charge >= 0.3 is 0 Å². The van der Waals surface area contributed by atoms with E-state index in [1.807, 2.05) is 43.0 Å². The van der Waals surface area contributed by atoms with Gasteiger partial charge in [0, 0.05) is 50.1 Å². The topological polar surface area (TPSA) is 75.6 Å². The minimum Gasteiger partial charge on any atom is -0.497 e. The second kappa shape index (κ2) is 9.90. The zero-order valence-corrected chi connectivity index (χ0v) is 19.1.